The molecule has 1 aromatic rings. The Hall–Kier alpha value is -1.32. The minimum atomic E-state index is -0.0788. The Morgan fingerprint density at radius 1 is 1.19 bits per heavy atom. The van der Waals surface area contributed by atoms with Crippen LogP contribution in [0.15, 0.2) is 6.07 Å². The summed E-state index contributed by atoms with van der Waals surface area (Å²) in [6.45, 7) is 8.62. The zero-order valence-electron chi connectivity index (χ0n) is 13.9. The Labute approximate surface area is 128 Å². The van der Waals surface area contributed by atoms with Crippen LogP contribution in [-0.2, 0) is 5.41 Å². The van der Waals surface area contributed by atoms with Crippen LogP contribution in [0.2, 0.25) is 0 Å². The first kappa shape index (κ1) is 16.1. The lowest BCUT2D eigenvalue weighted by Crippen LogP contribution is -2.27. The molecule has 0 aliphatic heterocycles. The number of rotatable bonds is 4. The van der Waals surface area contributed by atoms with Gasteiger partial charge in [-0.3, -0.25) is 0 Å². The van der Waals surface area contributed by atoms with E-state index in [0.29, 0.717) is 11.9 Å². The van der Waals surface area contributed by atoms with E-state index in [1.807, 2.05) is 6.07 Å². The Kier molecular flexibility index (Phi) is 5.07. The molecule has 4 nitrogen and oxygen atoms in total. The molecule has 2 rings (SSSR count). The second kappa shape index (κ2) is 6.63. The van der Waals surface area contributed by atoms with Crippen LogP contribution < -0.4 is 11.1 Å². The maximum Gasteiger partial charge on any atom is 0.138 e. The topological polar surface area (TPSA) is 63.8 Å². The standard InChI is InChI=1S/C17H30N4/c1-5-6-12-7-9-13(10-8-12)19-15-11-14(18)20-16(21-15)17(2,3)4/h11-13H,5-10H2,1-4H3,(H3,18,19,20,21). The van der Waals surface area contributed by atoms with Gasteiger partial charge in [0.15, 0.2) is 0 Å². The van der Waals surface area contributed by atoms with Gasteiger partial charge in [0.05, 0.1) is 0 Å². The van der Waals surface area contributed by atoms with Crippen molar-refractivity contribution in [3.05, 3.63) is 11.9 Å². The van der Waals surface area contributed by atoms with Gasteiger partial charge >= 0.3 is 0 Å². The molecule has 1 aromatic heterocycles. The second-order valence-corrected chi connectivity index (χ2v) is 7.40. The van der Waals surface area contributed by atoms with E-state index in [9.17, 15) is 0 Å². The highest BCUT2D eigenvalue weighted by atomic mass is 15.1. The lowest BCUT2D eigenvalue weighted by atomic mass is 9.83. The summed E-state index contributed by atoms with van der Waals surface area (Å²) in [5.74, 6) is 3.17. The lowest BCUT2D eigenvalue weighted by Gasteiger charge is -2.29. The molecular weight excluding hydrogens is 260 g/mol. The molecule has 0 saturated heterocycles. The third-order valence-corrected chi connectivity index (χ3v) is 4.31. The third-order valence-electron chi connectivity index (χ3n) is 4.31. The fourth-order valence-corrected chi connectivity index (χ4v) is 3.09. The zero-order valence-corrected chi connectivity index (χ0v) is 13.9. The Bertz CT molecular complexity index is 456. The molecular formula is C17H30N4. The minimum Gasteiger partial charge on any atom is -0.384 e. The lowest BCUT2D eigenvalue weighted by molar-refractivity contribution is 0.318. The summed E-state index contributed by atoms with van der Waals surface area (Å²) < 4.78 is 0. The summed E-state index contributed by atoms with van der Waals surface area (Å²) >= 11 is 0. The average molecular weight is 290 g/mol. The van der Waals surface area contributed by atoms with Gasteiger partial charge in [-0.1, -0.05) is 40.5 Å². The van der Waals surface area contributed by atoms with Crippen LogP contribution >= 0.6 is 0 Å². The van der Waals surface area contributed by atoms with Crippen molar-refractivity contribution in [1.82, 2.24) is 9.97 Å². The molecule has 0 bridgehead atoms. The Morgan fingerprint density at radius 2 is 1.86 bits per heavy atom. The summed E-state index contributed by atoms with van der Waals surface area (Å²) in [7, 11) is 0. The van der Waals surface area contributed by atoms with Crippen LogP contribution in [0.5, 0.6) is 0 Å². The number of nitrogens with two attached hydrogens (primary N) is 1. The van der Waals surface area contributed by atoms with Crippen LogP contribution in [0.4, 0.5) is 11.6 Å². The van der Waals surface area contributed by atoms with Crippen molar-refractivity contribution in [2.45, 2.75) is 77.7 Å². The van der Waals surface area contributed by atoms with Gasteiger partial charge in [0.1, 0.15) is 17.5 Å². The molecule has 0 aromatic carbocycles. The number of nitrogens with zero attached hydrogens (tertiary/aromatic N) is 2. The molecule has 1 fully saturated rings. The van der Waals surface area contributed by atoms with Crippen molar-refractivity contribution < 1.29 is 0 Å². The van der Waals surface area contributed by atoms with E-state index in [4.69, 9.17) is 5.73 Å². The second-order valence-electron chi connectivity index (χ2n) is 7.40. The molecule has 0 spiro atoms. The van der Waals surface area contributed by atoms with Crippen molar-refractivity contribution in [3.63, 3.8) is 0 Å². The molecule has 1 aliphatic carbocycles. The number of anilines is 2. The van der Waals surface area contributed by atoms with Crippen molar-refractivity contribution in [1.29, 1.82) is 0 Å². The predicted molar refractivity (Wildman–Crippen MR) is 89.4 cm³/mol. The Morgan fingerprint density at radius 3 is 2.43 bits per heavy atom. The first-order valence-electron chi connectivity index (χ1n) is 8.30. The minimum absolute atomic E-state index is 0.0788. The quantitative estimate of drug-likeness (QED) is 0.875. The highest BCUT2D eigenvalue weighted by Gasteiger charge is 2.22. The van der Waals surface area contributed by atoms with E-state index in [0.717, 1.165) is 17.6 Å². The van der Waals surface area contributed by atoms with Crippen molar-refractivity contribution in [2.75, 3.05) is 11.1 Å². The number of hydrogen-bond donors (Lipinski definition) is 2. The number of hydrogen-bond acceptors (Lipinski definition) is 4. The fourth-order valence-electron chi connectivity index (χ4n) is 3.09. The van der Waals surface area contributed by atoms with Gasteiger partial charge in [0, 0.05) is 17.5 Å². The predicted octanol–water partition coefficient (Wildman–Crippen LogP) is 4.13. The molecule has 1 saturated carbocycles. The fraction of sp³-hybridized carbons (Fsp3) is 0.765. The van der Waals surface area contributed by atoms with Crippen molar-refractivity contribution >= 4 is 11.6 Å². The largest absolute Gasteiger partial charge is 0.384 e. The van der Waals surface area contributed by atoms with Crippen LogP contribution in [-0.4, -0.2) is 16.0 Å². The van der Waals surface area contributed by atoms with Crippen LogP contribution in [0.1, 0.15) is 72.0 Å². The van der Waals surface area contributed by atoms with Gasteiger partial charge < -0.3 is 11.1 Å². The highest BCUT2D eigenvalue weighted by molar-refractivity contribution is 5.46. The summed E-state index contributed by atoms with van der Waals surface area (Å²) in [5, 5.41) is 3.57. The summed E-state index contributed by atoms with van der Waals surface area (Å²) in [6, 6.07) is 2.38. The molecule has 0 amide bonds. The molecule has 0 radical (unpaired) electrons. The van der Waals surface area contributed by atoms with Gasteiger partial charge in [-0.05, 0) is 31.6 Å². The molecule has 3 N–H and O–H groups in total. The molecule has 1 heterocycles. The maximum atomic E-state index is 5.93. The highest BCUT2D eigenvalue weighted by Crippen LogP contribution is 2.30. The van der Waals surface area contributed by atoms with E-state index >= 15 is 0 Å². The number of nitrogen functional groups attached to an aromatic ring is 1. The van der Waals surface area contributed by atoms with Crippen molar-refractivity contribution in [3.8, 4) is 0 Å². The molecule has 118 valence electrons. The van der Waals surface area contributed by atoms with Gasteiger partial charge in [0.2, 0.25) is 0 Å². The first-order valence-corrected chi connectivity index (χ1v) is 8.30. The molecule has 0 unspecified atom stereocenters. The maximum absolute atomic E-state index is 5.93. The zero-order chi connectivity index (χ0) is 15.5. The van der Waals surface area contributed by atoms with E-state index < -0.39 is 0 Å². The first-order chi connectivity index (χ1) is 9.88. The van der Waals surface area contributed by atoms with E-state index in [1.54, 1.807) is 0 Å². The van der Waals surface area contributed by atoms with E-state index in [2.05, 4.69) is 43.0 Å². The van der Waals surface area contributed by atoms with Crippen molar-refractivity contribution in [2.24, 2.45) is 5.92 Å². The monoisotopic (exact) mass is 290 g/mol. The van der Waals surface area contributed by atoms with Gasteiger partial charge in [-0.2, -0.15) is 0 Å². The van der Waals surface area contributed by atoms with Crippen LogP contribution in [0, 0.1) is 5.92 Å². The SMILES string of the molecule is CCCC1CCC(Nc2cc(N)nc(C(C)(C)C)n2)CC1. The van der Waals surface area contributed by atoms with E-state index in [1.165, 1.54) is 38.5 Å². The summed E-state index contributed by atoms with van der Waals surface area (Å²) in [6.07, 6.45) is 7.82. The third kappa shape index (κ3) is 4.58. The van der Waals surface area contributed by atoms with Gasteiger partial charge in [-0.25, -0.2) is 9.97 Å². The average Bonchev–Trinajstić information content (AvgIpc) is 2.40. The van der Waals surface area contributed by atoms with Gasteiger partial charge in [-0.15, -0.1) is 0 Å². The number of aromatic nitrogens is 2. The smallest absolute Gasteiger partial charge is 0.138 e. The number of nitrogens with one attached hydrogen (secondary N) is 1. The van der Waals surface area contributed by atoms with Crippen LogP contribution in [0.25, 0.3) is 0 Å². The van der Waals surface area contributed by atoms with E-state index in [-0.39, 0.29) is 5.41 Å². The molecule has 1 aliphatic rings. The van der Waals surface area contributed by atoms with Crippen LogP contribution in [0.3, 0.4) is 0 Å². The summed E-state index contributed by atoms with van der Waals surface area (Å²) in [5.41, 5.74) is 5.85. The van der Waals surface area contributed by atoms with Gasteiger partial charge in [0.25, 0.3) is 0 Å². The molecule has 21 heavy (non-hydrogen) atoms. The normalized spacial score (nSPS) is 23.0. The summed E-state index contributed by atoms with van der Waals surface area (Å²) in [4.78, 5) is 9.01. The molecule has 0 atom stereocenters. The Balaban J connectivity index is 1.99. The molecule has 4 heteroatoms.